The van der Waals surface area contributed by atoms with E-state index in [2.05, 4.69) is 20.4 Å². The maximum absolute atomic E-state index is 12.9. The number of hydrogen-bond acceptors (Lipinski definition) is 5. The van der Waals surface area contributed by atoms with Crippen LogP contribution in [0.5, 0.6) is 0 Å². The highest BCUT2D eigenvalue weighted by Crippen LogP contribution is 2.22. The van der Waals surface area contributed by atoms with Gasteiger partial charge in [0.1, 0.15) is 6.33 Å². The average Bonchev–Trinajstić information content (AvgIpc) is 3.37. The van der Waals surface area contributed by atoms with Crippen LogP contribution >= 0.6 is 0 Å². The van der Waals surface area contributed by atoms with E-state index in [4.69, 9.17) is 0 Å². The molecule has 3 heterocycles. The van der Waals surface area contributed by atoms with E-state index in [1.54, 1.807) is 21.9 Å². The van der Waals surface area contributed by atoms with E-state index in [0.29, 0.717) is 17.9 Å². The van der Waals surface area contributed by atoms with Crippen LogP contribution in [0.4, 0.5) is 0 Å². The second kappa shape index (κ2) is 6.46. The summed E-state index contributed by atoms with van der Waals surface area (Å²) in [5.41, 5.74) is 1.59. The predicted molar refractivity (Wildman–Crippen MR) is 90.5 cm³/mol. The lowest BCUT2D eigenvalue weighted by Gasteiger charge is -2.24. The van der Waals surface area contributed by atoms with Crippen molar-refractivity contribution in [3.8, 4) is 11.4 Å². The number of carbonyl (C=O) groups is 1. The smallest absolute Gasteiger partial charge is 0.254 e. The Morgan fingerprint density at radius 2 is 2.12 bits per heavy atom. The van der Waals surface area contributed by atoms with Crippen LogP contribution in [0.1, 0.15) is 23.2 Å². The van der Waals surface area contributed by atoms with Gasteiger partial charge in [0.25, 0.3) is 5.91 Å². The molecule has 8 heteroatoms. The van der Waals surface area contributed by atoms with Crippen LogP contribution in [0.25, 0.3) is 11.4 Å². The van der Waals surface area contributed by atoms with Gasteiger partial charge < -0.3 is 4.90 Å². The molecule has 4 rings (SSSR count). The van der Waals surface area contributed by atoms with E-state index in [0.717, 1.165) is 24.9 Å². The standard InChI is InChI=1S/C17H19N7O/c1-22-12-18-16(20-22)13-4-6-14(7-5-13)17(25)24-9-2-3-15(24)11-23-10-8-19-21-23/h4-8,10,12,15H,2-3,9,11H2,1H3/t15-/m0/s1. The molecule has 1 amide bonds. The zero-order valence-corrected chi connectivity index (χ0v) is 14.0. The number of amides is 1. The second-order valence-electron chi connectivity index (χ2n) is 6.24. The second-order valence-corrected chi connectivity index (χ2v) is 6.24. The molecular weight excluding hydrogens is 318 g/mol. The van der Waals surface area contributed by atoms with E-state index in [9.17, 15) is 4.79 Å². The summed E-state index contributed by atoms with van der Waals surface area (Å²) < 4.78 is 3.44. The minimum atomic E-state index is 0.0585. The van der Waals surface area contributed by atoms with Gasteiger partial charge in [0, 0.05) is 30.9 Å². The molecule has 1 saturated heterocycles. The third kappa shape index (κ3) is 3.15. The molecule has 0 saturated carbocycles. The molecular formula is C17H19N7O. The molecule has 3 aromatic rings. The van der Waals surface area contributed by atoms with Gasteiger partial charge in [0.05, 0.1) is 18.8 Å². The Kier molecular flexibility index (Phi) is 4.01. The molecule has 0 spiro atoms. The van der Waals surface area contributed by atoms with Crippen LogP contribution in [0.3, 0.4) is 0 Å². The summed E-state index contributed by atoms with van der Waals surface area (Å²) in [6.45, 7) is 1.46. The molecule has 8 nitrogen and oxygen atoms in total. The van der Waals surface area contributed by atoms with E-state index < -0.39 is 0 Å². The summed E-state index contributed by atoms with van der Waals surface area (Å²) in [7, 11) is 1.83. The maximum atomic E-state index is 12.9. The number of hydrogen-bond donors (Lipinski definition) is 0. The number of carbonyl (C=O) groups excluding carboxylic acids is 1. The summed E-state index contributed by atoms with van der Waals surface area (Å²) in [6.07, 6.45) is 7.15. The summed E-state index contributed by atoms with van der Waals surface area (Å²) in [6, 6.07) is 7.64. The first-order valence-corrected chi connectivity index (χ1v) is 8.32. The lowest BCUT2D eigenvalue weighted by atomic mass is 10.1. The molecule has 1 atom stereocenters. The van der Waals surface area contributed by atoms with Crippen LogP contribution in [-0.4, -0.2) is 53.2 Å². The van der Waals surface area contributed by atoms with Crippen LogP contribution in [0.2, 0.25) is 0 Å². The van der Waals surface area contributed by atoms with Crippen molar-refractivity contribution in [1.82, 2.24) is 34.7 Å². The molecule has 0 bridgehead atoms. The number of benzene rings is 1. The highest BCUT2D eigenvalue weighted by Gasteiger charge is 2.29. The number of nitrogens with zero attached hydrogens (tertiary/aromatic N) is 7. The Bertz CT molecular complexity index is 854. The third-order valence-electron chi connectivity index (χ3n) is 4.50. The molecule has 0 radical (unpaired) electrons. The van der Waals surface area contributed by atoms with Gasteiger partial charge in [0.15, 0.2) is 5.82 Å². The minimum Gasteiger partial charge on any atom is -0.334 e. The number of rotatable bonds is 4. The Hall–Kier alpha value is -3.03. The van der Waals surface area contributed by atoms with Crippen LogP contribution in [-0.2, 0) is 13.6 Å². The molecule has 25 heavy (non-hydrogen) atoms. The van der Waals surface area contributed by atoms with Crippen molar-refractivity contribution in [2.45, 2.75) is 25.4 Å². The fourth-order valence-electron chi connectivity index (χ4n) is 3.24. The first kappa shape index (κ1) is 15.5. The average molecular weight is 337 g/mol. The molecule has 1 aromatic carbocycles. The van der Waals surface area contributed by atoms with E-state index in [-0.39, 0.29) is 11.9 Å². The Morgan fingerprint density at radius 1 is 1.28 bits per heavy atom. The largest absolute Gasteiger partial charge is 0.334 e. The van der Waals surface area contributed by atoms with Gasteiger partial charge in [-0.25, -0.2) is 4.98 Å². The molecule has 128 valence electrons. The number of likely N-dealkylation sites (tertiary alicyclic amines) is 1. The van der Waals surface area contributed by atoms with Crippen molar-refractivity contribution < 1.29 is 4.79 Å². The monoisotopic (exact) mass is 337 g/mol. The van der Waals surface area contributed by atoms with E-state index >= 15 is 0 Å². The first-order chi connectivity index (χ1) is 12.2. The van der Waals surface area contributed by atoms with E-state index in [1.165, 1.54) is 0 Å². The maximum Gasteiger partial charge on any atom is 0.254 e. The van der Waals surface area contributed by atoms with E-state index in [1.807, 2.05) is 42.4 Å². The Balaban J connectivity index is 1.49. The third-order valence-corrected chi connectivity index (χ3v) is 4.50. The molecule has 1 fully saturated rings. The molecule has 0 unspecified atom stereocenters. The summed E-state index contributed by atoms with van der Waals surface area (Å²) in [4.78, 5) is 19.1. The Morgan fingerprint density at radius 3 is 2.80 bits per heavy atom. The van der Waals surface area contributed by atoms with Crippen molar-refractivity contribution in [1.29, 1.82) is 0 Å². The van der Waals surface area contributed by atoms with Gasteiger partial charge in [0.2, 0.25) is 0 Å². The fraction of sp³-hybridized carbons (Fsp3) is 0.353. The highest BCUT2D eigenvalue weighted by molar-refractivity contribution is 5.95. The zero-order chi connectivity index (χ0) is 17.2. The van der Waals surface area contributed by atoms with Gasteiger partial charge in [-0.2, -0.15) is 5.10 Å². The normalized spacial score (nSPS) is 17.2. The highest BCUT2D eigenvalue weighted by atomic mass is 16.2. The lowest BCUT2D eigenvalue weighted by Crippen LogP contribution is -2.38. The van der Waals surface area contributed by atoms with Gasteiger partial charge in [-0.3, -0.25) is 14.2 Å². The van der Waals surface area contributed by atoms with Crippen LogP contribution < -0.4 is 0 Å². The van der Waals surface area contributed by atoms with Crippen molar-refractivity contribution in [2.24, 2.45) is 7.05 Å². The van der Waals surface area contributed by atoms with Gasteiger partial charge in [-0.05, 0) is 25.0 Å². The number of aryl methyl sites for hydroxylation is 1. The van der Waals surface area contributed by atoms with Crippen molar-refractivity contribution in [3.05, 3.63) is 48.5 Å². The number of aromatic nitrogens is 6. The Labute approximate surface area is 145 Å². The quantitative estimate of drug-likeness (QED) is 0.718. The topological polar surface area (TPSA) is 81.7 Å². The molecule has 2 aromatic heterocycles. The van der Waals surface area contributed by atoms with Gasteiger partial charge in [-0.15, -0.1) is 5.10 Å². The van der Waals surface area contributed by atoms with Crippen molar-refractivity contribution in [3.63, 3.8) is 0 Å². The fourth-order valence-corrected chi connectivity index (χ4v) is 3.24. The van der Waals surface area contributed by atoms with Gasteiger partial charge in [-0.1, -0.05) is 17.3 Å². The molecule has 1 aliphatic heterocycles. The van der Waals surface area contributed by atoms with Crippen molar-refractivity contribution in [2.75, 3.05) is 6.54 Å². The summed E-state index contributed by atoms with van der Waals surface area (Å²) in [5, 5.41) is 12.1. The predicted octanol–water partition coefficient (Wildman–Crippen LogP) is 1.38. The summed E-state index contributed by atoms with van der Waals surface area (Å²) >= 11 is 0. The molecule has 0 aliphatic carbocycles. The van der Waals surface area contributed by atoms with Crippen LogP contribution in [0.15, 0.2) is 43.0 Å². The SMILES string of the molecule is Cn1cnc(-c2ccc(C(=O)N3CCC[C@H]3Cn3ccnn3)cc2)n1. The van der Waals surface area contributed by atoms with Crippen LogP contribution in [0, 0.1) is 0 Å². The van der Waals surface area contributed by atoms with Crippen molar-refractivity contribution >= 4 is 5.91 Å². The summed E-state index contributed by atoms with van der Waals surface area (Å²) in [5.74, 6) is 0.717. The molecule has 1 aliphatic rings. The zero-order valence-electron chi connectivity index (χ0n) is 14.0. The molecule has 0 N–H and O–H groups in total. The minimum absolute atomic E-state index is 0.0585. The van der Waals surface area contributed by atoms with Gasteiger partial charge >= 0.3 is 0 Å². The lowest BCUT2D eigenvalue weighted by molar-refractivity contribution is 0.0721. The first-order valence-electron chi connectivity index (χ1n) is 8.32.